The molecule has 1 heterocycles. The summed E-state index contributed by atoms with van der Waals surface area (Å²) in [6, 6.07) is 6.31. The van der Waals surface area contributed by atoms with Crippen molar-refractivity contribution in [2.24, 2.45) is 0 Å². The van der Waals surface area contributed by atoms with Gasteiger partial charge in [-0.05, 0) is 49.9 Å². The highest BCUT2D eigenvalue weighted by molar-refractivity contribution is 5.32. The molecule has 0 radical (unpaired) electrons. The minimum absolute atomic E-state index is 0.409. The monoisotopic (exact) mass is 249 g/mol. The molecule has 0 spiro atoms. The molecule has 1 aromatic rings. The fraction of sp³-hybridized carbons (Fsp3) is 0.600. The van der Waals surface area contributed by atoms with Crippen LogP contribution < -0.4 is 10.1 Å². The van der Waals surface area contributed by atoms with Gasteiger partial charge in [0, 0.05) is 19.7 Å². The molecule has 1 N–H and O–H groups in total. The molecule has 1 aliphatic heterocycles. The summed E-state index contributed by atoms with van der Waals surface area (Å²) >= 11 is 0. The summed E-state index contributed by atoms with van der Waals surface area (Å²) in [5, 5.41) is 3.38. The average Bonchev–Trinajstić information content (AvgIpc) is 2.80. The number of benzene rings is 1. The largest absolute Gasteiger partial charge is 0.492 e. The van der Waals surface area contributed by atoms with Gasteiger partial charge in [-0.1, -0.05) is 6.07 Å². The lowest BCUT2D eigenvalue weighted by atomic mass is 10.1. The van der Waals surface area contributed by atoms with Crippen LogP contribution in [0.4, 0.5) is 0 Å². The van der Waals surface area contributed by atoms with Crippen LogP contribution in [-0.2, 0) is 4.74 Å². The Morgan fingerprint density at radius 2 is 2.06 bits per heavy atom. The maximum Gasteiger partial charge on any atom is 0.119 e. The van der Waals surface area contributed by atoms with Crippen LogP contribution in [0.1, 0.15) is 24.0 Å². The zero-order valence-corrected chi connectivity index (χ0v) is 11.4. The smallest absolute Gasteiger partial charge is 0.119 e. The summed E-state index contributed by atoms with van der Waals surface area (Å²) in [4.78, 5) is 0. The van der Waals surface area contributed by atoms with Gasteiger partial charge in [-0.2, -0.15) is 0 Å². The summed E-state index contributed by atoms with van der Waals surface area (Å²) < 4.78 is 11.3. The lowest BCUT2D eigenvalue weighted by Crippen LogP contribution is -2.29. The van der Waals surface area contributed by atoms with E-state index in [4.69, 9.17) is 9.47 Å². The summed E-state index contributed by atoms with van der Waals surface area (Å²) in [5.41, 5.74) is 2.50. The summed E-state index contributed by atoms with van der Waals surface area (Å²) in [6.45, 7) is 7.62. The third kappa shape index (κ3) is 4.31. The van der Waals surface area contributed by atoms with E-state index < -0.39 is 0 Å². The molecule has 1 aliphatic rings. The number of rotatable bonds is 6. The van der Waals surface area contributed by atoms with Crippen molar-refractivity contribution in [2.75, 3.05) is 26.3 Å². The Morgan fingerprint density at radius 1 is 1.28 bits per heavy atom. The van der Waals surface area contributed by atoms with E-state index in [2.05, 4.69) is 37.4 Å². The van der Waals surface area contributed by atoms with E-state index in [-0.39, 0.29) is 0 Å². The minimum atomic E-state index is 0.409. The summed E-state index contributed by atoms with van der Waals surface area (Å²) in [7, 11) is 0. The van der Waals surface area contributed by atoms with Gasteiger partial charge in [-0.15, -0.1) is 0 Å². The van der Waals surface area contributed by atoms with Gasteiger partial charge >= 0.3 is 0 Å². The Morgan fingerprint density at radius 3 is 2.72 bits per heavy atom. The second-order valence-corrected chi connectivity index (χ2v) is 5.01. The van der Waals surface area contributed by atoms with Crippen molar-refractivity contribution in [1.29, 1.82) is 0 Å². The molecule has 1 atom stereocenters. The number of aryl methyl sites for hydroxylation is 2. The summed E-state index contributed by atoms with van der Waals surface area (Å²) in [6.07, 6.45) is 2.79. The minimum Gasteiger partial charge on any atom is -0.492 e. The van der Waals surface area contributed by atoms with Crippen molar-refractivity contribution in [3.8, 4) is 5.75 Å². The van der Waals surface area contributed by atoms with Crippen LogP contribution in [0, 0.1) is 13.8 Å². The topological polar surface area (TPSA) is 30.5 Å². The molecule has 1 unspecified atom stereocenters. The zero-order valence-electron chi connectivity index (χ0n) is 11.4. The molecule has 0 aliphatic carbocycles. The van der Waals surface area contributed by atoms with E-state index >= 15 is 0 Å². The average molecular weight is 249 g/mol. The molecule has 100 valence electrons. The zero-order chi connectivity index (χ0) is 12.8. The SMILES string of the molecule is Cc1cc(C)cc(OCCNCC2CCCO2)c1. The standard InChI is InChI=1S/C15H23NO2/c1-12-8-13(2)10-15(9-12)18-7-5-16-11-14-4-3-6-17-14/h8-10,14,16H,3-7,11H2,1-2H3. The van der Waals surface area contributed by atoms with Gasteiger partial charge in [0.05, 0.1) is 6.10 Å². The number of hydrogen-bond acceptors (Lipinski definition) is 3. The molecule has 0 aromatic heterocycles. The van der Waals surface area contributed by atoms with E-state index in [1.54, 1.807) is 0 Å². The molecule has 2 rings (SSSR count). The molecule has 1 fully saturated rings. The Hall–Kier alpha value is -1.06. The highest BCUT2D eigenvalue weighted by Gasteiger charge is 2.14. The maximum atomic E-state index is 5.73. The second kappa shape index (κ2) is 6.76. The first-order valence-corrected chi connectivity index (χ1v) is 6.77. The first-order chi connectivity index (χ1) is 8.74. The number of hydrogen-bond donors (Lipinski definition) is 1. The van der Waals surface area contributed by atoms with Crippen molar-refractivity contribution in [3.05, 3.63) is 29.3 Å². The van der Waals surface area contributed by atoms with Crippen LogP contribution in [-0.4, -0.2) is 32.4 Å². The molecular weight excluding hydrogens is 226 g/mol. The predicted octanol–water partition coefficient (Wildman–Crippen LogP) is 2.45. The van der Waals surface area contributed by atoms with Crippen LogP contribution in [0.2, 0.25) is 0 Å². The van der Waals surface area contributed by atoms with Gasteiger partial charge in [-0.25, -0.2) is 0 Å². The Kier molecular flexibility index (Phi) is 5.02. The molecule has 1 aromatic carbocycles. The van der Waals surface area contributed by atoms with Crippen molar-refractivity contribution in [1.82, 2.24) is 5.32 Å². The Labute approximate surface area is 109 Å². The first-order valence-electron chi connectivity index (χ1n) is 6.77. The van der Waals surface area contributed by atoms with E-state index in [0.29, 0.717) is 12.7 Å². The predicted molar refractivity (Wildman–Crippen MR) is 73.3 cm³/mol. The van der Waals surface area contributed by atoms with E-state index in [9.17, 15) is 0 Å². The van der Waals surface area contributed by atoms with Crippen molar-refractivity contribution in [2.45, 2.75) is 32.8 Å². The van der Waals surface area contributed by atoms with Gasteiger partial charge in [0.2, 0.25) is 0 Å². The van der Waals surface area contributed by atoms with Crippen LogP contribution >= 0.6 is 0 Å². The van der Waals surface area contributed by atoms with Gasteiger partial charge in [0.1, 0.15) is 12.4 Å². The highest BCUT2D eigenvalue weighted by atomic mass is 16.5. The second-order valence-electron chi connectivity index (χ2n) is 5.01. The van der Waals surface area contributed by atoms with Gasteiger partial charge in [-0.3, -0.25) is 0 Å². The Bertz CT molecular complexity index is 353. The highest BCUT2D eigenvalue weighted by Crippen LogP contribution is 2.15. The van der Waals surface area contributed by atoms with E-state index in [1.807, 2.05) is 0 Å². The Balaban J connectivity index is 1.62. The lowest BCUT2D eigenvalue weighted by Gasteiger charge is -2.12. The third-order valence-corrected chi connectivity index (χ3v) is 3.14. The van der Waals surface area contributed by atoms with Crippen molar-refractivity contribution in [3.63, 3.8) is 0 Å². The fourth-order valence-electron chi connectivity index (χ4n) is 2.33. The van der Waals surface area contributed by atoms with E-state index in [0.717, 1.165) is 25.4 Å². The van der Waals surface area contributed by atoms with Crippen LogP contribution in [0.15, 0.2) is 18.2 Å². The van der Waals surface area contributed by atoms with Crippen molar-refractivity contribution < 1.29 is 9.47 Å². The molecule has 0 amide bonds. The van der Waals surface area contributed by atoms with Crippen molar-refractivity contribution >= 4 is 0 Å². The molecule has 3 nitrogen and oxygen atoms in total. The quantitative estimate of drug-likeness (QED) is 0.786. The lowest BCUT2D eigenvalue weighted by molar-refractivity contribution is 0.109. The van der Waals surface area contributed by atoms with E-state index in [1.165, 1.54) is 24.0 Å². The molecule has 1 saturated heterocycles. The molecule has 3 heteroatoms. The molecular formula is C15H23NO2. The van der Waals surface area contributed by atoms with Crippen LogP contribution in [0.5, 0.6) is 5.75 Å². The molecule has 18 heavy (non-hydrogen) atoms. The normalized spacial score (nSPS) is 19.1. The maximum absolute atomic E-state index is 5.73. The molecule has 0 saturated carbocycles. The fourth-order valence-corrected chi connectivity index (χ4v) is 2.33. The van der Waals surface area contributed by atoms with Crippen LogP contribution in [0.25, 0.3) is 0 Å². The van der Waals surface area contributed by atoms with Gasteiger partial charge < -0.3 is 14.8 Å². The summed E-state index contributed by atoms with van der Waals surface area (Å²) in [5.74, 6) is 0.964. The van der Waals surface area contributed by atoms with Gasteiger partial charge in [0.15, 0.2) is 0 Å². The van der Waals surface area contributed by atoms with Crippen LogP contribution in [0.3, 0.4) is 0 Å². The molecule has 0 bridgehead atoms. The van der Waals surface area contributed by atoms with Gasteiger partial charge in [0.25, 0.3) is 0 Å². The number of ether oxygens (including phenoxy) is 2. The first kappa shape index (κ1) is 13.4. The number of nitrogens with one attached hydrogen (secondary N) is 1. The third-order valence-electron chi connectivity index (χ3n) is 3.14.